The van der Waals surface area contributed by atoms with E-state index in [4.69, 9.17) is 21.3 Å². The highest BCUT2D eigenvalue weighted by Gasteiger charge is 2.22. The minimum absolute atomic E-state index is 0.616. The quantitative estimate of drug-likeness (QED) is 0.578. The predicted octanol–water partition coefficient (Wildman–Crippen LogP) is 4.66. The lowest BCUT2D eigenvalue weighted by atomic mass is 9.98. The third kappa shape index (κ3) is 4.40. The third-order valence-corrected chi connectivity index (χ3v) is 7.28. The molecule has 5 rings (SSSR count). The number of benzene rings is 2. The fraction of sp³-hybridized carbons (Fsp3) is 0.333. The fourth-order valence-electron chi connectivity index (χ4n) is 4.28. The zero-order valence-corrected chi connectivity index (χ0v) is 18.8. The van der Waals surface area contributed by atoms with Crippen LogP contribution in [0.25, 0.3) is 0 Å². The monoisotopic (exact) mass is 450 g/mol. The Morgan fingerprint density at radius 1 is 1.13 bits per heavy atom. The van der Waals surface area contributed by atoms with Gasteiger partial charge in [0.15, 0.2) is 5.13 Å². The fourth-order valence-corrected chi connectivity index (χ4v) is 5.59. The van der Waals surface area contributed by atoms with E-state index >= 15 is 0 Å². The summed E-state index contributed by atoms with van der Waals surface area (Å²) in [7, 11) is 0. The van der Waals surface area contributed by atoms with Gasteiger partial charge in [0, 0.05) is 54.4 Å². The second-order valence-electron chi connectivity index (χ2n) is 7.93. The van der Waals surface area contributed by atoms with Gasteiger partial charge in [-0.15, -0.1) is 11.3 Å². The van der Waals surface area contributed by atoms with Crippen LogP contribution in [0, 0.1) is 11.3 Å². The summed E-state index contributed by atoms with van der Waals surface area (Å²) in [6, 6.07) is 14.7. The van der Waals surface area contributed by atoms with Gasteiger partial charge in [-0.3, -0.25) is 0 Å². The lowest BCUT2D eigenvalue weighted by Crippen LogP contribution is -2.36. The maximum atomic E-state index is 9.25. The average molecular weight is 451 g/mol. The molecule has 0 spiro atoms. The Labute approximate surface area is 191 Å². The average Bonchev–Trinajstić information content (AvgIpc) is 3.28. The van der Waals surface area contributed by atoms with Crippen molar-refractivity contribution in [3.8, 4) is 6.07 Å². The van der Waals surface area contributed by atoms with Crippen LogP contribution < -0.4 is 9.80 Å². The molecule has 2 aromatic carbocycles. The van der Waals surface area contributed by atoms with Crippen molar-refractivity contribution in [1.29, 1.82) is 5.26 Å². The number of morpholine rings is 1. The van der Waals surface area contributed by atoms with Crippen molar-refractivity contribution < 1.29 is 4.74 Å². The SMILES string of the molecule is N#Cc1cc(Cl)c2c(c1)CN(c1ncc(Cc3cccc(N4CCOCC4)c3)s1)CC2. The van der Waals surface area contributed by atoms with E-state index in [1.807, 2.05) is 12.3 Å². The number of ether oxygens (including phenoxy) is 1. The highest BCUT2D eigenvalue weighted by atomic mass is 35.5. The number of halogens is 1. The Balaban J connectivity index is 1.30. The highest BCUT2D eigenvalue weighted by Crippen LogP contribution is 2.33. The number of rotatable bonds is 4. The molecule has 0 N–H and O–H groups in total. The van der Waals surface area contributed by atoms with Crippen LogP contribution in [-0.2, 0) is 24.1 Å². The van der Waals surface area contributed by atoms with E-state index in [2.05, 4.69) is 40.1 Å². The molecule has 1 fully saturated rings. The number of hydrogen-bond acceptors (Lipinski definition) is 6. The van der Waals surface area contributed by atoms with E-state index in [9.17, 15) is 5.26 Å². The normalized spacial score (nSPS) is 16.1. The van der Waals surface area contributed by atoms with Crippen molar-refractivity contribution >= 4 is 33.8 Å². The molecular formula is C24H23ClN4OS. The van der Waals surface area contributed by atoms with E-state index in [0.717, 1.165) is 68.5 Å². The lowest BCUT2D eigenvalue weighted by Gasteiger charge is -2.29. The summed E-state index contributed by atoms with van der Waals surface area (Å²) in [5.41, 5.74) is 5.47. The number of aromatic nitrogens is 1. The van der Waals surface area contributed by atoms with Gasteiger partial charge in [-0.1, -0.05) is 23.7 Å². The molecule has 0 amide bonds. The molecule has 0 unspecified atom stereocenters. The largest absolute Gasteiger partial charge is 0.378 e. The molecule has 7 heteroatoms. The van der Waals surface area contributed by atoms with Gasteiger partial charge < -0.3 is 14.5 Å². The number of anilines is 2. The van der Waals surface area contributed by atoms with Crippen molar-refractivity contribution in [2.75, 3.05) is 42.6 Å². The summed E-state index contributed by atoms with van der Waals surface area (Å²) in [4.78, 5) is 10.6. The summed E-state index contributed by atoms with van der Waals surface area (Å²) in [6.45, 7) is 5.11. The molecular weight excluding hydrogens is 428 g/mol. The van der Waals surface area contributed by atoms with Gasteiger partial charge in [0.25, 0.3) is 0 Å². The van der Waals surface area contributed by atoms with E-state index in [1.165, 1.54) is 16.1 Å². The molecule has 2 aliphatic rings. The summed E-state index contributed by atoms with van der Waals surface area (Å²) in [6.07, 6.45) is 3.75. The predicted molar refractivity (Wildman–Crippen MR) is 125 cm³/mol. The van der Waals surface area contributed by atoms with Crippen molar-refractivity contribution in [3.05, 3.63) is 74.7 Å². The minimum Gasteiger partial charge on any atom is -0.378 e. The van der Waals surface area contributed by atoms with Crippen molar-refractivity contribution in [2.45, 2.75) is 19.4 Å². The first-order valence-electron chi connectivity index (χ1n) is 10.5. The van der Waals surface area contributed by atoms with Crippen LogP contribution in [-0.4, -0.2) is 37.8 Å². The molecule has 1 aromatic heterocycles. The highest BCUT2D eigenvalue weighted by molar-refractivity contribution is 7.15. The molecule has 5 nitrogen and oxygen atoms in total. The van der Waals surface area contributed by atoms with Gasteiger partial charge in [0.05, 0.1) is 24.8 Å². The van der Waals surface area contributed by atoms with Gasteiger partial charge in [-0.2, -0.15) is 5.26 Å². The number of fused-ring (bicyclic) bond motifs is 1. The molecule has 0 radical (unpaired) electrons. The van der Waals surface area contributed by atoms with Gasteiger partial charge in [-0.25, -0.2) is 4.98 Å². The first-order chi connectivity index (χ1) is 15.2. The Hall–Kier alpha value is -2.59. The molecule has 3 heterocycles. The number of nitrogens with zero attached hydrogens (tertiary/aromatic N) is 4. The van der Waals surface area contributed by atoms with Crippen LogP contribution in [0.1, 0.15) is 27.1 Å². The van der Waals surface area contributed by atoms with E-state index in [0.29, 0.717) is 10.6 Å². The molecule has 3 aromatic rings. The molecule has 0 saturated carbocycles. The van der Waals surface area contributed by atoms with Gasteiger partial charge in [0.2, 0.25) is 0 Å². The number of hydrogen-bond donors (Lipinski definition) is 0. The van der Waals surface area contributed by atoms with Crippen LogP contribution >= 0.6 is 22.9 Å². The second kappa shape index (κ2) is 8.88. The maximum Gasteiger partial charge on any atom is 0.185 e. The topological polar surface area (TPSA) is 52.4 Å². The molecule has 0 aliphatic carbocycles. The van der Waals surface area contributed by atoms with Crippen LogP contribution in [0.2, 0.25) is 5.02 Å². The van der Waals surface area contributed by atoms with E-state index < -0.39 is 0 Å². The lowest BCUT2D eigenvalue weighted by molar-refractivity contribution is 0.122. The first kappa shape index (κ1) is 20.3. The van der Waals surface area contributed by atoms with Crippen LogP contribution in [0.4, 0.5) is 10.8 Å². The molecule has 2 aliphatic heterocycles. The molecule has 31 heavy (non-hydrogen) atoms. The first-order valence-corrected chi connectivity index (χ1v) is 11.7. The van der Waals surface area contributed by atoms with E-state index in [-0.39, 0.29) is 0 Å². The Kier molecular flexibility index (Phi) is 5.82. The minimum atomic E-state index is 0.616. The molecule has 0 bridgehead atoms. The maximum absolute atomic E-state index is 9.25. The van der Waals surface area contributed by atoms with Gasteiger partial charge >= 0.3 is 0 Å². The Bertz CT molecular complexity index is 1130. The van der Waals surface area contributed by atoms with Gasteiger partial charge in [-0.05, 0) is 47.4 Å². The number of thiazole rings is 1. The van der Waals surface area contributed by atoms with Crippen LogP contribution in [0.15, 0.2) is 42.6 Å². The Morgan fingerprint density at radius 2 is 2.00 bits per heavy atom. The van der Waals surface area contributed by atoms with Gasteiger partial charge in [0.1, 0.15) is 0 Å². The van der Waals surface area contributed by atoms with E-state index in [1.54, 1.807) is 17.4 Å². The second-order valence-corrected chi connectivity index (χ2v) is 9.44. The smallest absolute Gasteiger partial charge is 0.185 e. The van der Waals surface area contributed by atoms with Crippen molar-refractivity contribution in [3.63, 3.8) is 0 Å². The summed E-state index contributed by atoms with van der Waals surface area (Å²) < 4.78 is 5.47. The Morgan fingerprint density at radius 3 is 2.84 bits per heavy atom. The summed E-state index contributed by atoms with van der Waals surface area (Å²) in [5, 5.41) is 11.0. The molecule has 0 atom stereocenters. The summed E-state index contributed by atoms with van der Waals surface area (Å²) >= 11 is 8.14. The standard InChI is InChI=1S/C24H23ClN4OS/c25-23-13-18(14-26)10-19-16-29(5-4-22(19)23)24-27-15-21(31-24)12-17-2-1-3-20(11-17)28-6-8-30-9-7-28/h1-3,10-11,13,15H,4-9,12,16H2. The molecule has 158 valence electrons. The van der Waals surface area contributed by atoms with Crippen LogP contribution in [0.5, 0.6) is 0 Å². The molecule has 1 saturated heterocycles. The van der Waals surface area contributed by atoms with Crippen LogP contribution in [0.3, 0.4) is 0 Å². The zero-order valence-electron chi connectivity index (χ0n) is 17.2. The third-order valence-electron chi connectivity index (χ3n) is 5.89. The van der Waals surface area contributed by atoms with Crippen molar-refractivity contribution in [2.24, 2.45) is 0 Å². The van der Waals surface area contributed by atoms with Crippen molar-refractivity contribution in [1.82, 2.24) is 4.98 Å². The summed E-state index contributed by atoms with van der Waals surface area (Å²) in [5.74, 6) is 0. The number of nitriles is 1. The zero-order chi connectivity index (χ0) is 21.2.